The minimum absolute atomic E-state index is 0.222. The lowest BCUT2D eigenvalue weighted by Gasteiger charge is -2.16. The molecule has 174 valence electrons. The van der Waals surface area contributed by atoms with Crippen molar-refractivity contribution < 1.29 is 14.3 Å². The summed E-state index contributed by atoms with van der Waals surface area (Å²) in [5, 5.41) is 9.51. The second-order valence-electron chi connectivity index (χ2n) is 8.15. The summed E-state index contributed by atoms with van der Waals surface area (Å²) in [6.07, 6.45) is -0.553. The van der Waals surface area contributed by atoms with Crippen molar-refractivity contribution in [3.8, 4) is 0 Å². The van der Waals surface area contributed by atoms with Crippen LogP contribution in [0.25, 0.3) is 11.3 Å². The molecular weight excluding hydrogens is 452 g/mol. The van der Waals surface area contributed by atoms with Gasteiger partial charge in [0, 0.05) is 28.5 Å². The monoisotopic (exact) mass is 476 g/mol. The van der Waals surface area contributed by atoms with E-state index in [1.54, 1.807) is 24.3 Å². The number of rotatable bonds is 6. The van der Waals surface area contributed by atoms with E-state index in [-0.39, 0.29) is 5.91 Å². The van der Waals surface area contributed by atoms with Gasteiger partial charge in [0.15, 0.2) is 0 Å². The third-order valence-electron chi connectivity index (χ3n) is 5.30. The molecule has 0 spiro atoms. The average molecular weight is 477 g/mol. The summed E-state index contributed by atoms with van der Waals surface area (Å²) in [5.74, 6) is -0.222. The van der Waals surface area contributed by atoms with Crippen LogP contribution in [0.1, 0.15) is 16.7 Å². The molecule has 0 fully saturated rings. The van der Waals surface area contributed by atoms with Crippen LogP contribution < -0.4 is 16.0 Å². The van der Waals surface area contributed by atoms with Crippen molar-refractivity contribution in [2.24, 2.45) is 0 Å². The molecule has 3 aromatic rings. The van der Waals surface area contributed by atoms with E-state index in [2.05, 4.69) is 37.7 Å². The van der Waals surface area contributed by atoms with Crippen LogP contribution in [-0.2, 0) is 16.1 Å². The predicted octanol–water partition coefficient (Wildman–Crippen LogP) is 5.51. The number of anilines is 3. The van der Waals surface area contributed by atoms with Gasteiger partial charge in [0.25, 0.3) is 5.91 Å². The topological polar surface area (TPSA) is 82.7 Å². The van der Waals surface area contributed by atoms with Gasteiger partial charge in [0.05, 0.1) is 24.1 Å². The summed E-state index contributed by atoms with van der Waals surface area (Å²) in [4.78, 5) is 26.7. The number of benzene rings is 3. The normalized spacial score (nSPS) is 13.9. The molecule has 8 heteroatoms. The molecule has 0 aliphatic carbocycles. The number of fused-ring (bicyclic) bond motifs is 1. The molecule has 2 amide bonds. The lowest BCUT2D eigenvalue weighted by atomic mass is 9.99. The van der Waals surface area contributed by atoms with Crippen molar-refractivity contribution >= 4 is 51.9 Å². The second-order valence-corrected chi connectivity index (χ2v) is 8.58. The summed E-state index contributed by atoms with van der Waals surface area (Å²) in [6.45, 7) is 0.833. The summed E-state index contributed by atoms with van der Waals surface area (Å²) in [7, 11) is 5.36. The lowest BCUT2D eigenvalue weighted by Crippen LogP contribution is -2.12. The van der Waals surface area contributed by atoms with Crippen LogP contribution in [0.2, 0.25) is 5.02 Å². The van der Waals surface area contributed by atoms with Gasteiger partial charge in [-0.1, -0.05) is 41.9 Å². The van der Waals surface area contributed by atoms with Gasteiger partial charge in [-0.15, -0.1) is 0 Å². The number of carbonyl (C=O) groups excluding carboxylic acids is 2. The molecule has 0 unspecified atom stereocenters. The Morgan fingerprint density at radius 3 is 2.26 bits per heavy atom. The van der Waals surface area contributed by atoms with E-state index in [0.29, 0.717) is 27.7 Å². The first-order valence-electron chi connectivity index (χ1n) is 10.7. The van der Waals surface area contributed by atoms with E-state index in [4.69, 9.17) is 11.6 Å². The van der Waals surface area contributed by atoms with E-state index in [1.807, 2.05) is 44.4 Å². The molecule has 1 heterocycles. The highest BCUT2D eigenvalue weighted by Crippen LogP contribution is 2.39. The fraction of sp³-hybridized carbons (Fsp3) is 0.154. The SMILES string of the molecule is COC(=O)Nc1ccc(C(Nc2ccc(CN(C)C)cc2)=C2C(=O)Nc3cc(Cl)ccc32)cc1. The molecule has 3 N–H and O–H groups in total. The van der Waals surface area contributed by atoms with Gasteiger partial charge in [-0.25, -0.2) is 4.79 Å². The first-order valence-corrected chi connectivity index (χ1v) is 11.0. The third-order valence-corrected chi connectivity index (χ3v) is 5.54. The van der Waals surface area contributed by atoms with Gasteiger partial charge < -0.3 is 20.3 Å². The van der Waals surface area contributed by atoms with Crippen molar-refractivity contribution in [1.29, 1.82) is 0 Å². The highest BCUT2D eigenvalue weighted by Gasteiger charge is 2.28. The lowest BCUT2D eigenvalue weighted by molar-refractivity contribution is -0.110. The van der Waals surface area contributed by atoms with Crippen LogP contribution in [0.5, 0.6) is 0 Å². The van der Waals surface area contributed by atoms with Gasteiger partial charge in [-0.2, -0.15) is 0 Å². The smallest absolute Gasteiger partial charge is 0.411 e. The van der Waals surface area contributed by atoms with Gasteiger partial charge >= 0.3 is 6.09 Å². The zero-order valence-corrected chi connectivity index (χ0v) is 19.9. The summed E-state index contributed by atoms with van der Waals surface area (Å²) >= 11 is 6.14. The molecular formula is C26H25ClN4O3. The molecule has 3 aromatic carbocycles. The Kier molecular flexibility index (Phi) is 6.86. The number of hydrogen-bond acceptors (Lipinski definition) is 5. The van der Waals surface area contributed by atoms with Crippen LogP contribution in [-0.4, -0.2) is 38.1 Å². The molecule has 1 aliphatic heterocycles. The first-order chi connectivity index (χ1) is 16.3. The van der Waals surface area contributed by atoms with Crippen molar-refractivity contribution in [2.45, 2.75) is 6.54 Å². The maximum absolute atomic E-state index is 13.0. The second kappa shape index (κ2) is 9.99. The van der Waals surface area contributed by atoms with Gasteiger partial charge in [0.1, 0.15) is 0 Å². The Bertz CT molecular complexity index is 1250. The number of ether oxygens (including phenoxy) is 1. The van der Waals surface area contributed by atoms with Crippen LogP contribution >= 0.6 is 11.6 Å². The van der Waals surface area contributed by atoms with E-state index in [0.717, 1.165) is 23.4 Å². The highest BCUT2D eigenvalue weighted by molar-refractivity contribution is 6.38. The van der Waals surface area contributed by atoms with Crippen LogP contribution in [0.4, 0.5) is 21.9 Å². The summed E-state index contributed by atoms with van der Waals surface area (Å²) in [5.41, 5.74) is 5.96. The van der Waals surface area contributed by atoms with Crippen molar-refractivity contribution in [2.75, 3.05) is 37.2 Å². The average Bonchev–Trinajstić information content (AvgIpc) is 3.13. The zero-order chi connectivity index (χ0) is 24.2. The maximum atomic E-state index is 13.0. The quantitative estimate of drug-likeness (QED) is 0.408. The van der Waals surface area contributed by atoms with Crippen molar-refractivity contribution in [3.63, 3.8) is 0 Å². The number of nitrogens with zero attached hydrogens (tertiary/aromatic N) is 1. The third kappa shape index (κ3) is 5.22. The van der Waals surface area contributed by atoms with Crippen LogP contribution in [0.3, 0.4) is 0 Å². The standard InChI is InChI=1S/C26H25ClN4O3/c1-31(2)15-16-4-9-19(10-5-16)28-24(17-6-11-20(12-7-17)29-26(33)34-3)23-21-13-8-18(27)14-22(21)30-25(23)32/h4-14,28H,15H2,1-3H3,(H,29,33)(H,30,32). The predicted molar refractivity (Wildman–Crippen MR) is 137 cm³/mol. The highest BCUT2D eigenvalue weighted by atomic mass is 35.5. The number of methoxy groups -OCH3 is 1. The number of nitrogens with one attached hydrogen (secondary N) is 3. The van der Waals surface area contributed by atoms with E-state index in [1.165, 1.54) is 12.7 Å². The zero-order valence-electron chi connectivity index (χ0n) is 19.1. The number of halogens is 1. The van der Waals surface area contributed by atoms with Crippen LogP contribution in [0.15, 0.2) is 66.7 Å². The largest absolute Gasteiger partial charge is 0.453 e. The Balaban J connectivity index is 1.76. The van der Waals surface area contributed by atoms with Crippen molar-refractivity contribution in [1.82, 2.24) is 4.90 Å². The van der Waals surface area contributed by atoms with Gasteiger partial charge in [-0.3, -0.25) is 10.1 Å². The molecule has 0 bridgehead atoms. The fourth-order valence-electron chi connectivity index (χ4n) is 3.76. The van der Waals surface area contributed by atoms with E-state index >= 15 is 0 Å². The van der Waals surface area contributed by atoms with E-state index in [9.17, 15) is 9.59 Å². The molecule has 34 heavy (non-hydrogen) atoms. The summed E-state index contributed by atoms with van der Waals surface area (Å²) in [6, 6.07) is 20.6. The summed E-state index contributed by atoms with van der Waals surface area (Å²) < 4.78 is 4.65. The molecule has 0 atom stereocenters. The Morgan fingerprint density at radius 1 is 0.971 bits per heavy atom. The Morgan fingerprint density at radius 2 is 1.62 bits per heavy atom. The number of carbonyl (C=O) groups is 2. The maximum Gasteiger partial charge on any atom is 0.411 e. The number of hydrogen-bond donors (Lipinski definition) is 3. The minimum Gasteiger partial charge on any atom is -0.453 e. The molecule has 1 aliphatic rings. The Hall–Kier alpha value is -3.81. The molecule has 0 radical (unpaired) electrons. The fourth-order valence-corrected chi connectivity index (χ4v) is 3.94. The molecule has 4 rings (SSSR count). The van der Waals surface area contributed by atoms with Gasteiger partial charge in [-0.05, 0) is 61.6 Å². The van der Waals surface area contributed by atoms with Crippen LogP contribution in [0, 0.1) is 0 Å². The Labute approximate surface area is 203 Å². The molecule has 0 aromatic heterocycles. The van der Waals surface area contributed by atoms with Crippen molar-refractivity contribution in [3.05, 3.63) is 88.4 Å². The van der Waals surface area contributed by atoms with E-state index < -0.39 is 6.09 Å². The molecule has 0 saturated heterocycles. The molecule has 0 saturated carbocycles. The molecule has 7 nitrogen and oxygen atoms in total. The minimum atomic E-state index is -0.553. The van der Waals surface area contributed by atoms with Gasteiger partial charge in [0.2, 0.25) is 0 Å². The number of amides is 2. The first kappa shape index (κ1) is 23.4.